The van der Waals surface area contributed by atoms with E-state index in [-0.39, 0.29) is 0 Å². The summed E-state index contributed by atoms with van der Waals surface area (Å²) >= 11 is 1.78. The van der Waals surface area contributed by atoms with E-state index in [4.69, 9.17) is 10.7 Å². The van der Waals surface area contributed by atoms with Crippen LogP contribution in [0.1, 0.15) is 36.3 Å². The molecule has 0 spiro atoms. The number of anilines is 1. The molecule has 3 aromatic rings. The number of para-hydroxylation sites is 2. The normalized spacial score (nSPS) is 22.8. The molecule has 0 atom stereocenters. The second-order valence-corrected chi connectivity index (χ2v) is 9.72. The Labute approximate surface area is 188 Å². The SMILES string of the molecule is CN1C=C/C(=C\C(=C\c2nc3ccccc3s2)C2CCC(CN)CC2)c2ccccc21. The Bertz CT molecular complexity index is 1130. The van der Waals surface area contributed by atoms with Gasteiger partial charge in [0.25, 0.3) is 0 Å². The Balaban J connectivity index is 1.56. The van der Waals surface area contributed by atoms with Gasteiger partial charge in [-0.15, -0.1) is 11.3 Å². The highest BCUT2D eigenvalue weighted by atomic mass is 32.1. The van der Waals surface area contributed by atoms with Crippen LogP contribution in [0.3, 0.4) is 0 Å². The maximum absolute atomic E-state index is 5.96. The first-order valence-electron chi connectivity index (χ1n) is 11.2. The van der Waals surface area contributed by atoms with Crippen molar-refractivity contribution in [3.63, 3.8) is 0 Å². The van der Waals surface area contributed by atoms with Crippen molar-refractivity contribution in [2.45, 2.75) is 25.7 Å². The van der Waals surface area contributed by atoms with Gasteiger partial charge in [-0.05, 0) is 85.6 Å². The molecule has 3 nitrogen and oxygen atoms in total. The van der Waals surface area contributed by atoms with Crippen LogP contribution in [0.5, 0.6) is 0 Å². The van der Waals surface area contributed by atoms with Crippen molar-refractivity contribution < 1.29 is 0 Å². The van der Waals surface area contributed by atoms with Crippen molar-refractivity contribution in [1.82, 2.24) is 4.98 Å². The third-order valence-corrected chi connectivity index (χ3v) is 7.63. The van der Waals surface area contributed by atoms with Crippen LogP contribution < -0.4 is 10.6 Å². The Hall–Kier alpha value is -2.69. The highest BCUT2D eigenvalue weighted by Gasteiger charge is 2.23. The summed E-state index contributed by atoms with van der Waals surface area (Å²) in [6.45, 7) is 0.813. The number of aromatic nitrogens is 1. The standard InChI is InChI=1S/C27H29N3S/c1-30-15-14-21(23-6-2-4-8-25(23)30)16-22(20-12-10-19(18-28)11-13-20)17-27-29-24-7-3-5-9-26(24)31-27/h2-9,14-17,19-20H,10-13,18,28H2,1H3/b21-16+,22-17-. The van der Waals surface area contributed by atoms with Gasteiger partial charge in [-0.2, -0.15) is 0 Å². The molecule has 1 aliphatic carbocycles. The zero-order chi connectivity index (χ0) is 21.2. The Morgan fingerprint density at radius 1 is 1.10 bits per heavy atom. The fourth-order valence-electron chi connectivity index (χ4n) is 4.80. The molecule has 0 radical (unpaired) electrons. The molecule has 4 heteroatoms. The number of nitrogens with zero attached hydrogens (tertiary/aromatic N) is 2. The molecule has 2 aliphatic rings. The second kappa shape index (κ2) is 8.81. The van der Waals surface area contributed by atoms with Crippen LogP contribution in [0.2, 0.25) is 0 Å². The summed E-state index contributed by atoms with van der Waals surface area (Å²) < 4.78 is 1.25. The van der Waals surface area contributed by atoms with Gasteiger partial charge in [-0.1, -0.05) is 36.4 Å². The van der Waals surface area contributed by atoms with Crippen molar-refractivity contribution in [3.05, 3.63) is 83.0 Å². The summed E-state index contributed by atoms with van der Waals surface area (Å²) in [5.41, 5.74) is 12.3. The minimum Gasteiger partial charge on any atom is -0.351 e. The Morgan fingerprint density at radius 3 is 2.68 bits per heavy atom. The van der Waals surface area contributed by atoms with Crippen LogP contribution in [-0.2, 0) is 0 Å². The highest BCUT2D eigenvalue weighted by Crippen LogP contribution is 2.38. The number of thiazole rings is 1. The number of hydrogen-bond acceptors (Lipinski definition) is 4. The predicted molar refractivity (Wildman–Crippen MR) is 134 cm³/mol. The van der Waals surface area contributed by atoms with Gasteiger partial charge in [0, 0.05) is 24.5 Å². The van der Waals surface area contributed by atoms with Crippen LogP contribution in [0.25, 0.3) is 21.9 Å². The minimum atomic E-state index is 0.558. The lowest BCUT2D eigenvalue weighted by atomic mass is 9.77. The van der Waals surface area contributed by atoms with Crippen molar-refractivity contribution in [2.24, 2.45) is 17.6 Å². The van der Waals surface area contributed by atoms with E-state index in [0.717, 1.165) is 17.1 Å². The molecule has 0 bridgehead atoms. The zero-order valence-corrected chi connectivity index (χ0v) is 18.8. The molecule has 1 saturated carbocycles. The maximum atomic E-state index is 5.96. The number of benzene rings is 2. The van der Waals surface area contributed by atoms with Crippen molar-refractivity contribution in [1.29, 1.82) is 0 Å². The first-order valence-corrected chi connectivity index (χ1v) is 12.0. The average Bonchev–Trinajstić information content (AvgIpc) is 3.23. The highest BCUT2D eigenvalue weighted by molar-refractivity contribution is 7.19. The molecule has 1 aromatic heterocycles. The summed E-state index contributed by atoms with van der Waals surface area (Å²) in [5, 5.41) is 1.10. The zero-order valence-electron chi connectivity index (χ0n) is 18.0. The fraction of sp³-hybridized carbons (Fsp3) is 0.296. The van der Waals surface area contributed by atoms with E-state index in [2.05, 4.69) is 84.9 Å². The van der Waals surface area contributed by atoms with Gasteiger partial charge in [0.1, 0.15) is 5.01 Å². The number of nitrogens with two attached hydrogens (primary N) is 1. The summed E-state index contributed by atoms with van der Waals surface area (Å²) in [7, 11) is 2.11. The summed E-state index contributed by atoms with van der Waals surface area (Å²) in [6.07, 6.45) is 14.0. The fourth-order valence-corrected chi connectivity index (χ4v) is 5.73. The van der Waals surface area contributed by atoms with Crippen LogP contribution in [0.4, 0.5) is 5.69 Å². The summed E-state index contributed by atoms with van der Waals surface area (Å²) in [5.74, 6) is 1.24. The summed E-state index contributed by atoms with van der Waals surface area (Å²) in [4.78, 5) is 7.09. The van der Waals surface area contributed by atoms with Gasteiger partial charge in [0.2, 0.25) is 0 Å². The van der Waals surface area contributed by atoms with E-state index in [1.807, 2.05) is 0 Å². The van der Waals surface area contributed by atoms with E-state index in [1.54, 1.807) is 11.3 Å². The van der Waals surface area contributed by atoms with Crippen molar-refractivity contribution in [2.75, 3.05) is 18.5 Å². The van der Waals surface area contributed by atoms with Crippen LogP contribution in [0.15, 0.2) is 72.5 Å². The largest absolute Gasteiger partial charge is 0.351 e. The van der Waals surface area contributed by atoms with E-state index in [1.165, 1.54) is 52.8 Å². The van der Waals surface area contributed by atoms with E-state index >= 15 is 0 Å². The monoisotopic (exact) mass is 427 g/mol. The number of rotatable bonds is 4. The van der Waals surface area contributed by atoms with Gasteiger partial charge in [-0.3, -0.25) is 0 Å². The predicted octanol–water partition coefficient (Wildman–Crippen LogP) is 6.49. The molecule has 0 amide bonds. The van der Waals surface area contributed by atoms with Crippen molar-refractivity contribution in [3.8, 4) is 0 Å². The lowest BCUT2D eigenvalue weighted by Crippen LogP contribution is -2.22. The average molecular weight is 428 g/mol. The van der Waals surface area contributed by atoms with E-state index in [0.29, 0.717) is 11.8 Å². The van der Waals surface area contributed by atoms with Gasteiger partial charge in [-0.25, -0.2) is 4.98 Å². The smallest absolute Gasteiger partial charge is 0.117 e. The first kappa shape index (κ1) is 20.2. The molecule has 1 fully saturated rings. The van der Waals surface area contributed by atoms with Gasteiger partial charge in [0.05, 0.1) is 10.2 Å². The first-order chi connectivity index (χ1) is 15.2. The van der Waals surface area contributed by atoms with Crippen LogP contribution >= 0.6 is 11.3 Å². The lowest BCUT2D eigenvalue weighted by molar-refractivity contribution is 0.311. The molecule has 2 N–H and O–H groups in total. The molecule has 31 heavy (non-hydrogen) atoms. The second-order valence-electron chi connectivity index (χ2n) is 8.66. The molecule has 5 rings (SSSR count). The van der Waals surface area contributed by atoms with Crippen molar-refractivity contribution >= 4 is 38.9 Å². The molecule has 1 aliphatic heterocycles. The third kappa shape index (κ3) is 4.23. The number of hydrogen-bond donors (Lipinski definition) is 1. The molecular weight excluding hydrogens is 398 g/mol. The molecule has 2 aromatic carbocycles. The molecule has 2 heterocycles. The molecule has 0 unspecified atom stereocenters. The Kier molecular flexibility index (Phi) is 5.75. The summed E-state index contributed by atoms with van der Waals surface area (Å²) in [6, 6.07) is 17.1. The van der Waals surface area contributed by atoms with Gasteiger partial charge in [0.15, 0.2) is 0 Å². The van der Waals surface area contributed by atoms with E-state index in [9.17, 15) is 0 Å². The molecule has 0 saturated heterocycles. The van der Waals surface area contributed by atoms with E-state index < -0.39 is 0 Å². The third-order valence-electron chi connectivity index (χ3n) is 6.65. The Morgan fingerprint density at radius 2 is 1.87 bits per heavy atom. The number of fused-ring (bicyclic) bond motifs is 2. The quantitative estimate of drug-likeness (QED) is 0.517. The number of allylic oxidation sites excluding steroid dienone is 4. The van der Waals surface area contributed by atoms with Gasteiger partial charge < -0.3 is 10.6 Å². The maximum Gasteiger partial charge on any atom is 0.117 e. The minimum absolute atomic E-state index is 0.558. The lowest BCUT2D eigenvalue weighted by Gasteiger charge is -2.29. The molecular formula is C27H29N3S. The van der Waals surface area contributed by atoms with Gasteiger partial charge >= 0.3 is 0 Å². The van der Waals surface area contributed by atoms with Crippen LogP contribution in [-0.4, -0.2) is 18.6 Å². The topological polar surface area (TPSA) is 42.2 Å². The molecule has 158 valence electrons. The van der Waals surface area contributed by atoms with Crippen LogP contribution in [0, 0.1) is 11.8 Å².